The Balaban J connectivity index is 0.00000264. The topological polar surface area (TPSA) is 12.0 Å². The van der Waals surface area contributed by atoms with Gasteiger partial charge >= 0.3 is 0 Å². The largest absolute Gasteiger partial charge is 0.316 e. The fraction of sp³-hybridized carbons (Fsp3) is 0.333. The highest BCUT2D eigenvalue weighted by Gasteiger charge is 2.04. The van der Waals surface area contributed by atoms with Crippen LogP contribution in [0.1, 0.15) is 31.9 Å². The number of halogens is 1. The van der Waals surface area contributed by atoms with Gasteiger partial charge in [-0.25, -0.2) is 0 Å². The Labute approximate surface area is 146 Å². The molecule has 0 heterocycles. The molecule has 1 N–H and O–H groups in total. The summed E-state index contributed by atoms with van der Waals surface area (Å²) in [7, 11) is 1.99. The van der Waals surface area contributed by atoms with Crippen molar-refractivity contribution in [1.82, 2.24) is 5.32 Å². The molecule has 1 nitrogen and oxygen atoms in total. The van der Waals surface area contributed by atoms with E-state index in [0.717, 1.165) is 13.0 Å². The molecule has 0 amide bonds. The maximum atomic E-state index is 3.24. The van der Waals surface area contributed by atoms with E-state index in [1.54, 1.807) is 0 Å². The first kappa shape index (κ1) is 19.3. The highest BCUT2D eigenvalue weighted by molar-refractivity contribution is 5.88. The SMILES string of the molecule is CNCc1cccc2c(C/C=C/C#CC(C)(C)C)cccc12.Cl. The van der Waals surface area contributed by atoms with Crippen LogP contribution in [0.4, 0.5) is 0 Å². The number of fused-ring (bicyclic) bond motifs is 1. The number of hydrogen-bond acceptors (Lipinski definition) is 1. The summed E-state index contributed by atoms with van der Waals surface area (Å²) in [6.07, 6.45) is 5.04. The Bertz CT molecular complexity index is 727. The molecular formula is C21H26ClN. The molecule has 2 aromatic carbocycles. The van der Waals surface area contributed by atoms with Gasteiger partial charge in [0.15, 0.2) is 0 Å². The van der Waals surface area contributed by atoms with Gasteiger partial charge < -0.3 is 5.32 Å². The van der Waals surface area contributed by atoms with Crippen LogP contribution in [-0.2, 0) is 13.0 Å². The van der Waals surface area contributed by atoms with Crippen molar-refractivity contribution in [3.63, 3.8) is 0 Å². The standard InChI is InChI=1S/C21H25N.ClH/c1-21(2,3)15-7-5-6-10-17-11-8-14-20-18(16-22-4)12-9-13-19(17)20;/h5-6,8-9,11-14,22H,10,16H2,1-4H3;1H/b6-5+;. The summed E-state index contributed by atoms with van der Waals surface area (Å²) in [5.74, 6) is 6.36. The number of benzene rings is 2. The first-order valence-electron chi connectivity index (χ1n) is 7.83. The predicted molar refractivity (Wildman–Crippen MR) is 104 cm³/mol. The predicted octanol–water partition coefficient (Wildman–Crippen LogP) is 5.13. The van der Waals surface area contributed by atoms with Crippen molar-refractivity contribution in [1.29, 1.82) is 0 Å². The van der Waals surface area contributed by atoms with Crippen LogP contribution in [0.5, 0.6) is 0 Å². The van der Waals surface area contributed by atoms with E-state index in [-0.39, 0.29) is 17.8 Å². The van der Waals surface area contributed by atoms with Crippen LogP contribution in [-0.4, -0.2) is 7.05 Å². The summed E-state index contributed by atoms with van der Waals surface area (Å²) in [5, 5.41) is 5.91. The van der Waals surface area contributed by atoms with Crippen LogP contribution in [0.25, 0.3) is 10.8 Å². The number of hydrogen-bond donors (Lipinski definition) is 1. The maximum absolute atomic E-state index is 3.24. The van der Waals surface area contributed by atoms with E-state index in [0.29, 0.717) is 0 Å². The van der Waals surface area contributed by atoms with Gasteiger partial charge in [-0.05, 0) is 62.2 Å². The molecule has 0 radical (unpaired) electrons. The molecular weight excluding hydrogens is 302 g/mol. The van der Waals surface area contributed by atoms with Gasteiger partial charge in [0, 0.05) is 12.0 Å². The zero-order chi connectivity index (χ0) is 16.0. The molecule has 2 heteroatoms. The molecule has 0 aliphatic rings. The van der Waals surface area contributed by atoms with Crippen LogP contribution in [0.2, 0.25) is 0 Å². The molecule has 0 aliphatic heterocycles. The van der Waals surface area contributed by atoms with Crippen molar-refractivity contribution in [2.24, 2.45) is 5.41 Å². The number of nitrogens with one attached hydrogen (secondary N) is 1. The van der Waals surface area contributed by atoms with Gasteiger partial charge in [-0.15, -0.1) is 12.4 Å². The van der Waals surface area contributed by atoms with Gasteiger partial charge in [0.2, 0.25) is 0 Å². The van der Waals surface area contributed by atoms with Crippen molar-refractivity contribution in [2.75, 3.05) is 7.05 Å². The normalized spacial score (nSPS) is 11.1. The van der Waals surface area contributed by atoms with E-state index < -0.39 is 0 Å². The fourth-order valence-corrected chi connectivity index (χ4v) is 2.47. The minimum atomic E-state index is 0. The summed E-state index contributed by atoms with van der Waals surface area (Å²) in [6, 6.07) is 13.1. The van der Waals surface area contributed by atoms with E-state index >= 15 is 0 Å². The minimum Gasteiger partial charge on any atom is -0.316 e. The van der Waals surface area contributed by atoms with Crippen molar-refractivity contribution >= 4 is 23.2 Å². The van der Waals surface area contributed by atoms with Gasteiger partial charge in [-0.1, -0.05) is 54.3 Å². The quantitative estimate of drug-likeness (QED) is 0.768. The molecule has 0 saturated carbocycles. The summed E-state index contributed by atoms with van der Waals surface area (Å²) < 4.78 is 0. The lowest BCUT2D eigenvalue weighted by atomic mass is 9.97. The zero-order valence-corrected chi connectivity index (χ0v) is 15.3. The zero-order valence-electron chi connectivity index (χ0n) is 14.4. The lowest BCUT2D eigenvalue weighted by Gasteiger charge is -2.09. The third-order valence-corrected chi connectivity index (χ3v) is 3.46. The molecule has 0 spiro atoms. The second-order valence-corrected chi connectivity index (χ2v) is 6.59. The first-order valence-corrected chi connectivity index (χ1v) is 7.83. The summed E-state index contributed by atoms with van der Waals surface area (Å²) >= 11 is 0. The molecule has 0 aromatic heterocycles. The van der Waals surface area contributed by atoms with Crippen LogP contribution in [0.3, 0.4) is 0 Å². The van der Waals surface area contributed by atoms with Gasteiger partial charge in [-0.2, -0.15) is 0 Å². The van der Waals surface area contributed by atoms with Gasteiger partial charge in [0.25, 0.3) is 0 Å². The Kier molecular flexibility index (Phi) is 7.36. The molecule has 122 valence electrons. The van der Waals surface area contributed by atoms with Gasteiger partial charge in [-0.3, -0.25) is 0 Å². The lowest BCUT2D eigenvalue weighted by molar-refractivity contribution is 0.571. The Hall–Kier alpha value is -1.75. The van der Waals surface area contributed by atoms with Crippen LogP contribution < -0.4 is 5.32 Å². The second kappa shape index (κ2) is 8.77. The second-order valence-electron chi connectivity index (χ2n) is 6.59. The third-order valence-electron chi connectivity index (χ3n) is 3.46. The molecule has 0 fully saturated rings. The van der Waals surface area contributed by atoms with Crippen molar-refractivity contribution < 1.29 is 0 Å². The average Bonchev–Trinajstić information content (AvgIpc) is 2.47. The third kappa shape index (κ3) is 5.75. The van der Waals surface area contributed by atoms with Crippen molar-refractivity contribution in [3.05, 3.63) is 59.7 Å². The molecule has 0 aliphatic carbocycles. The van der Waals surface area contributed by atoms with Crippen LogP contribution in [0, 0.1) is 17.3 Å². The molecule has 0 bridgehead atoms. The Morgan fingerprint density at radius 3 is 2.22 bits per heavy atom. The van der Waals surface area contributed by atoms with Crippen LogP contribution >= 0.6 is 12.4 Å². The van der Waals surface area contributed by atoms with E-state index in [1.807, 2.05) is 13.1 Å². The first-order chi connectivity index (χ1) is 10.5. The summed E-state index contributed by atoms with van der Waals surface area (Å²) in [6.45, 7) is 7.28. The summed E-state index contributed by atoms with van der Waals surface area (Å²) in [4.78, 5) is 0. The molecule has 0 atom stereocenters. The maximum Gasteiger partial charge on any atom is 0.0233 e. The highest BCUT2D eigenvalue weighted by atomic mass is 35.5. The Morgan fingerprint density at radius 2 is 1.61 bits per heavy atom. The monoisotopic (exact) mass is 327 g/mol. The number of allylic oxidation sites excluding steroid dienone is 2. The lowest BCUT2D eigenvalue weighted by Crippen LogP contribution is -2.05. The van der Waals surface area contributed by atoms with E-state index in [2.05, 4.69) is 80.4 Å². The molecule has 0 saturated heterocycles. The van der Waals surface area contributed by atoms with Crippen LogP contribution in [0.15, 0.2) is 48.6 Å². The molecule has 23 heavy (non-hydrogen) atoms. The summed E-state index contributed by atoms with van der Waals surface area (Å²) in [5.41, 5.74) is 2.76. The van der Waals surface area contributed by atoms with Gasteiger partial charge in [0.05, 0.1) is 0 Å². The fourth-order valence-electron chi connectivity index (χ4n) is 2.47. The van der Waals surface area contributed by atoms with Crippen molar-refractivity contribution in [2.45, 2.75) is 33.7 Å². The smallest absolute Gasteiger partial charge is 0.0233 e. The van der Waals surface area contributed by atoms with E-state index in [1.165, 1.54) is 21.9 Å². The number of rotatable bonds is 4. The van der Waals surface area contributed by atoms with Gasteiger partial charge in [0.1, 0.15) is 0 Å². The average molecular weight is 328 g/mol. The van der Waals surface area contributed by atoms with Crippen molar-refractivity contribution in [3.8, 4) is 11.8 Å². The van der Waals surface area contributed by atoms with E-state index in [9.17, 15) is 0 Å². The minimum absolute atomic E-state index is 0. The highest BCUT2D eigenvalue weighted by Crippen LogP contribution is 2.23. The molecule has 2 aromatic rings. The van der Waals surface area contributed by atoms with E-state index in [4.69, 9.17) is 0 Å². The molecule has 2 rings (SSSR count). The Morgan fingerprint density at radius 1 is 1.00 bits per heavy atom. The molecule has 0 unspecified atom stereocenters.